The molecule has 1 aliphatic rings. The maximum absolute atomic E-state index is 11.9. The summed E-state index contributed by atoms with van der Waals surface area (Å²) in [5.74, 6) is 3.08. The molecular formula is C18H17BrN2O4S. The van der Waals surface area contributed by atoms with Crippen molar-refractivity contribution >= 4 is 39.8 Å². The predicted octanol–water partition coefficient (Wildman–Crippen LogP) is 3.57. The number of hydrogen-bond acceptors (Lipinski definition) is 6. The monoisotopic (exact) mass is 436 g/mol. The number of hydrazone groups is 1. The summed E-state index contributed by atoms with van der Waals surface area (Å²) in [6, 6.07) is 11.4. The van der Waals surface area contributed by atoms with E-state index in [2.05, 4.69) is 26.5 Å². The van der Waals surface area contributed by atoms with Crippen LogP contribution in [0.2, 0.25) is 0 Å². The first-order valence-electron chi connectivity index (χ1n) is 7.77. The lowest BCUT2D eigenvalue weighted by atomic mass is 10.2. The largest absolute Gasteiger partial charge is 0.497 e. The van der Waals surface area contributed by atoms with Gasteiger partial charge in [-0.25, -0.2) is 5.43 Å². The molecule has 3 rings (SSSR count). The number of halogens is 1. The Kier molecular flexibility index (Phi) is 6.40. The fourth-order valence-electron chi connectivity index (χ4n) is 2.22. The SMILES string of the molecule is COc1ccc(CSCC(=O)N/N=C/c2cc3c(cc2Br)OCO3)cc1. The van der Waals surface area contributed by atoms with E-state index in [9.17, 15) is 4.79 Å². The number of nitrogens with zero attached hydrogens (tertiary/aromatic N) is 1. The highest BCUT2D eigenvalue weighted by molar-refractivity contribution is 9.10. The highest BCUT2D eigenvalue weighted by atomic mass is 79.9. The second kappa shape index (κ2) is 8.95. The lowest BCUT2D eigenvalue weighted by molar-refractivity contribution is -0.118. The van der Waals surface area contributed by atoms with E-state index < -0.39 is 0 Å². The molecule has 1 aliphatic heterocycles. The average Bonchev–Trinajstić information content (AvgIpc) is 3.09. The van der Waals surface area contributed by atoms with Gasteiger partial charge in [-0.2, -0.15) is 5.10 Å². The van der Waals surface area contributed by atoms with E-state index >= 15 is 0 Å². The third kappa shape index (κ3) is 4.92. The van der Waals surface area contributed by atoms with Gasteiger partial charge in [-0.05, 0) is 45.8 Å². The summed E-state index contributed by atoms with van der Waals surface area (Å²) in [5.41, 5.74) is 4.45. The molecule has 2 aromatic rings. The van der Waals surface area contributed by atoms with Crippen molar-refractivity contribution in [2.24, 2.45) is 5.10 Å². The average molecular weight is 437 g/mol. The molecule has 0 fully saturated rings. The molecule has 2 aromatic carbocycles. The number of hydrogen-bond donors (Lipinski definition) is 1. The number of methoxy groups -OCH3 is 1. The van der Waals surface area contributed by atoms with Crippen LogP contribution in [0.1, 0.15) is 11.1 Å². The first kappa shape index (κ1) is 18.6. The standard InChI is InChI=1S/C18H17BrN2O4S/c1-23-14-4-2-12(3-5-14)9-26-10-18(22)21-20-8-13-6-16-17(7-15(13)19)25-11-24-16/h2-8H,9-11H2,1H3,(H,21,22)/b20-8+. The highest BCUT2D eigenvalue weighted by Gasteiger charge is 2.15. The van der Waals surface area contributed by atoms with Crippen molar-refractivity contribution in [1.29, 1.82) is 0 Å². The van der Waals surface area contributed by atoms with Crippen LogP contribution < -0.4 is 19.6 Å². The van der Waals surface area contributed by atoms with Crippen molar-refractivity contribution < 1.29 is 19.0 Å². The minimum atomic E-state index is -0.156. The number of thioether (sulfide) groups is 1. The van der Waals surface area contributed by atoms with Gasteiger partial charge >= 0.3 is 0 Å². The van der Waals surface area contributed by atoms with Gasteiger partial charge in [0.1, 0.15) is 5.75 Å². The van der Waals surface area contributed by atoms with Gasteiger partial charge in [0.05, 0.1) is 19.1 Å². The third-order valence-electron chi connectivity index (χ3n) is 3.55. The van der Waals surface area contributed by atoms with Crippen molar-refractivity contribution in [1.82, 2.24) is 5.43 Å². The summed E-state index contributed by atoms with van der Waals surface area (Å²) < 4.78 is 16.6. The van der Waals surface area contributed by atoms with Gasteiger partial charge in [0, 0.05) is 15.8 Å². The van der Waals surface area contributed by atoms with E-state index in [4.69, 9.17) is 14.2 Å². The number of carbonyl (C=O) groups is 1. The quantitative estimate of drug-likeness (QED) is 0.530. The van der Waals surface area contributed by atoms with Gasteiger partial charge in [-0.15, -0.1) is 11.8 Å². The van der Waals surface area contributed by atoms with E-state index in [1.807, 2.05) is 30.3 Å². The Labute approximate surface area is 164 Å². The molecule has 0 unspecified atom stereocenters. The van der Waals surface area contributed by atoms with Crippen LogP contribution in [0.5, 0.6) is 17.2 Å². The van der Waals surface area contributed by atoms with Crippen molar-refractivity contribution in [3.8, 4) is 17.2 Å². The van der Waals surface area contributed by atoms with Crippen molar-refractivity contribution in [2.45, 2.75) is 5.75 Å². The zero-order chi connectivity index (χ0) is 18.4. The molecule has 0 radical (unpaired) electrons. The lowest BCUT2D eigenvalue weighted by Crippen LogP contribution is -2.19. The van der Waals surface area contributed by atoms with E-state index in [0.717, 1.165) is 27.1 Å². The van der Waals surface area contributed by atoms with Gasteiger partial charge in [-0.3, -0.25) is 4.79 Å². The van der Waals surface area contributed by atoms with Crippen LogP contribution in [-0.2, 0) is 10.5 Å². The second-order valence-corrected chi connectivity index (χ2v) is 7.20. The summed E-state index contributed by atoms with van der Waals surface area (Å²) in [6.07, 6.45) is 1.57. The highest BCUT2D eigenvalue weighted by Crippen LogP contribution is 2.36. The summed E-state index contributed by atoms with van der Waals surface area (Å²) in [5, 5.41) is 4.00. The number of nitrogens with one attached hydrogen (secondary N) is 1. The Hall–Kier alpha value is -2.19. The van der Waals surface area contributed by atoms with Crippen LogP contribution in [0, 0.1) is 0 Å². The van der Waals surface area contributed by atoms with Crippen molar-refractivity contribution in [2.75, 3.05) is 19.7 Å². The van der Waals surface area contributed by atoms with Crippen LogP contribution in [0.25, 0.3) is 0 Å². The number of rotatable bonds is 7. The van der Waals surface area contributed by atoms with Gasteiger partial charge in [0.2, 0.25) is 12.7 Å². The molecule has 0 aliphatic carbocycles. The number of carbonyl (C=O) groups excluding carboxylic acids is 1. The van der Waals surface area contributed by atoms with Gasteiger partial charge in [0.25, 0.3) is 0 Å². The fraction of sp³-hybridized carbons (Fsp3) is 0.222. The normalized spacial score (nSPS) is 12.4. The molecule has 0 atom stereocenters. The molecular weight excluding hydrogens is 420 g/mol. The van der Waals surface area contributed by atoms with Gasteiger partial charge in [0.15, 0.2) is 11.5 Å². The fourth-order valence-corrected chi connectivity index (χ4v) is 3.43. The second-order valence-electron chi connectivity index (χ2n) is 5.36. The van der Waals surface area contributed by atoms with Crippen LogP contribution >= 0.6 is 27.7 Å². The Bertz CT molecular complexity index is 812. The topological polar surface area (TPSA) is 69.2 Å². The summed E-state index contributed by atoms with van der Waals surface area (Å²) in [6.45, 7) is 0.213. The first-order chi connectivity index (χ1) is 12.7. The number of fused-ring (bicyclic) bond motifs is 1. The minimum Gasteiger partial charge on any atom is -0.497 e. The zero-order valence-electron chi connectivity index (χ0n) is 14.0. The Morgan fingerprint density at radius 3 is 2.77 bits per heavy atom. The lowest BCUT2D eigenvalue weighted by Gasteiger charge is -2.04. The Morgan fingerprint density at radius 1 is 1.31 bits per heavy atom. The summed E-state index contributed by atoms with van der Waals surface area (Å²) >= 11 is 4.96. The molecule has 26 heavy (non-hydrogen) atoms. The smallest absolute Gasteiger partial charge is 0.250 e. The molecule has 0 bridgehead atoms. The Balaban J connectivity index is 1.44. The molecule has 8 heteroatoms. The van der Waals surface area contributed by atoms with E-state index in [1.165, 1.54) is 11.8 Å². The first-order valence-corrected chi connectivity index (χ1v) is 9.72. The van der Waals surface area contributed by atoms with Crippen LogP contribution in [0.4, 0.5) is 0 Å². The molecule has 6 nitrogen and oxygen atoms in total. The van der Waals surface area contributed by atoms with Gasteiger partial charge in [-0.1, -0.05) is 12.1 Å². The maximum atomic E-state index is 11.9. The van der Waals surface area contributed by atoms with Crippen LogP contribution in [0.3, 0.4) is 0 Å². The summed E-state index contributed by atoms with van der Waals surface area (Å²) in [4.78, 5) is 11.9. The van der Waals surface area contributed by atoms with E-state index in [1.54, 1.807) is 19.4 Å². The Morgan fingerprint density at radius 2 is 2.04 bits per heavy atom. The number of ether oxygens (including phenoxy) is 3. The van der Waals surface area contributed by atoms with E-state index in [0.29, 0.717) is 17.3 Å². The number of amides is 1. The maximum Gasteiger partial charge on any atom is 0.250 e. The molecule has 1 amide bonds. The molecule has 136 valence electrons. The van der Waals surface area contributed by atoms with E-state index in [-0.39, 0.29) is 12.7 Å². The molecule has 0 saturated carbocycles. The minimum absolute atomic E-state index is 0.156. The molecule has 0 saturated heterocycles. The third-order valence-corrected chi connectivity index (χ3v) is 5.24. The molecule has 0 spiro atoms. The van der Waals surface area contributed by atoms with Crippen molar-refractivity contribution in [3.63, 3.8) is 0 Å². The predicted molar refractivity (Wildman–Crippen MR) is 105 cm³/mol. The van der Waals surface area contributed by atoms with Gasteiger partial charge < -0.3 is 14.2 Å². The molecule has 1 heterocycles. The number of benzene rings is 2. The molecule has 0 aromatic heterocycles. The summed E-state index contributed by atoms with van der Waals surface area (Å²) in [7, 11) is 1.64. The zero-order valence-corrected chi connectivity index (χ0v) is 16.4. The van der Waals surface area contributed by atoms with Crippen molar-refractivity contribution in [3.05, 3.63) is 52.0 Å². The van der Waals surface area contributed by atoms with Crippen LogP contribution in [-0.4, -0.2) is 31.8 Å². The molecule has 1 N–H and O–H groups in total. The van der Waals surface area contributed by atoms with Crippen LogP contribution in [0.15, 0.2) is 46.0 Å².